The molecular formula is C12H18O3. The van der Waals surface area contributed by atoms with E-state index in [-0.39, 0.29) is 12.0 Å². The van der Waals surface area contributed by atoms with Gasteiger partial charge in [-0.3, -0.25) is 0 Å². The maximum Gasteiger partial charge on any atom is 0.104 e. The summed E-state index contributed by atoms with van der Waals surface area (Å²) in [5.74, 6) is 8.09. The Hall–Kier alpha value is -1.00. The largest absolute Gasteiger partial charge is 0.384 e. The Morgan fingerprint density at radius 1 is 1.13 bits per heavy atom. The summed E-state index contributed by atoms with van der Waals surface area (Å²) in [5.41, 5.74) is -0.263. The van der Waals surface area contributed by atoms with Crippen molar-refractivity contribution in [1.82, 2.24) is 0 Å². The third-order valence-corrected chi connectivity index (χ3v) is 2.05. The maximum atomic E-state index is 8.58. The molecule has 0 heterocycles. The van der Waals surface area contributed by atoms with E-state index in [2.05, 4.69) is 17.8 Å². The number of terminal acetylenes is 1. The summed E-state index contributed by atoms with van der Waals surface area (Å²) in [6, 6.07) is 0. The average molecular weight is 210 g/mol. The minimum absolute atomic E-state index is 0.133. The van der Waals surface area contributed by atoms with E-state index >= 15 is 0 Å². The summed E-state index contributed by atoms with van der Waals surface area (Å²) >= 11 is 0. The van der Waals surface area contributed by atoms with Gasteiger partial charge < -0.3 is 14.6 Å². The number of hydrogen-bond acceptors (Lipinski definition) is 3. The number of aliphatic hydroxyl groups is 1. The first-order valence-corrected chi connectivity index (χ1v) is 4.72. The Labute approximate surface area is 91.8 Å². The molecule has 0 aliphatic heterocycles. The summed E-state index contributed by atoms with van der Waals surface area (Å²) in [4.78, 5) is 0. The summed E-state index contributed by atoms with van der Waals surface area (Å²) in [6.07, 6.45) is 6.44. The first kappa shape index (κ1) is 14.0. The summed E-state index contributed by atoms with van der Waals surface area (Å²) in [6.45, 7) is 0.877. The van der Waals surface area contributed by atoms with Gasteiger partial charge in [-0.05, 0) is 0 Å². The molecule has 0 saturated heterocycles. The Kier molecular flexibility index (Phi) is 7.77. The second-order valence-corrected chi connectivity index (χ2v) is 3.44. The van der Waals surface area contributed by atoms with Crippen molar-refractivity contribution in [2.24, 2.45) is 5.41 Å². The van der Waals surface area contributed by atoms with E-state index in [4.69, 9.17) is 21.0 Å². The predicted octanol–water partition coefficient (Wildman–Crippen LogP) is 0.675. The Balaban J connectivity index is 4.53. The minimum atomic E-state index is -0.263. The molecule has 0 fully saturated rings. The average Bonchev–Trinajstić information content (AvgIpc) is 2.19. The van der Waals surface area contributed by atoms with Crippen molar-refractivity contribution in [3.63, 3.8) is 0 Å². The van der Waals surface area contributed by atoms with Crippen LogP contribution in [0.1, 0.15) is 12.8 Å². The monoisotopic (exact) mass is 210 g/mol. The zero-order valence-electron chi connectivity index (χ0n) is 9.38. The molecule has 0 unspecified atom stereocenters. The molecule has 0 rings (SSSR count). The molecule has 84 valence electrons. The molecule has 3 heteroatoms. The SMILES string of the molecule is C#CCC(CC#CCO)(COC)COC. The van der Waals surface area contributed by atoms with Crippen LogP contribution >= 0.6 is 0 Å². The molecule has 0 spiro atoms. The van der Waals surface area contributed by atoms with Crippen molar-refractivity contribution >= 4 is 0 Å². The molecule has 0 bridgehead atoms. The zero-order valence-corrected chi connectivity index (χ0v) is 9.38. The third kappa shape index (κ3) is 5.44. The van der Waals surface area contributed by atoms with Gasteiger partial charge in [-0.25, -0.2) is 0 Å². The molecule has 0 aromatic carbocycles. The second-order valence-electron chi connectivity index (χ2n) is 3.44. The summed E-state index contributed by atoms with van der Waals surface area (Å²) in [7, 11) is 3.25. The van der Waals surface area contributed by atoms with E-state index in [1.54, 1.807) is 14.2 Å². The molecule has 0 atom stereocenters. The molecule has 3 nitrogen and oxygen atoms in total. The highest BCUT2D eigenvalue weighted by Crippen LogP contribution is 2.26. The van der Waals surface area contributed by atoms with Gasteiger partial charge in [-0.15, -0.1) is 18.3 Å². The molecule has 1 N–H and O–H groups in total. The van der Waals surface area contributed by atoms with Crippen LogP contribution in [0.4, 0.5) is 0 Å². The van der Waals surface area contributed by atoms with Crippen LogP contribution in [0.3, 0.4) is 0 Å². The van der Waals surface area contributed by atoms with E-state index in [1.165, 1.54) is 0 Å². The highest BCUT2D eigenvalue weighted by Gasteiger charge is 2.28. The maximum absolute atomic E-state index is 8.58. The number of methoxy groups -OCH3 is 2. The second kappa shape index (κ2) is 8.32. The van der Waals surface area contributed by atoms with Crippen molar-refractivity contribution < 1.29 is 14.6 Å². The number of aliphatic hydroxyl groups excluding tert-OH is 1. The van der Waals surface area contributed by atoms with E-state index in [9.17, 15) is 0 Å². The Bertz CT molecular complexity index is 248. The lowest BCUT2D eigenvalue weighted by Gasteiger charge is -2.28. The molecule has 0 aliphatic carbocycles. The third-order valence-electron chi connectivity index (χ3n) is 2.05. The molecule has 0 aliphatic rings. The van der Waals surface area contributed by atoms with Gasteiger partial charge >= 0.3 is 0 Å². The predicted molar refractivity (Wildman–Crippen MR) is 59.1 cm³/mol. The standard InChI is InChI=1S/C12H18O3/c1-4-7-12(10-14-2,11-15-3)8-5-6-9-13/h1,13H,7-11H2,2-3H3. The lowest BCUT2D eigenvalue weighted by molar-refractivity contribution is 0.0164. The molecule has 0 radical (unpaired) electrons. The molecular weight excluding hydrogens is 192 g/mol. The van der Waals surface area contributed by atoms with E-state index in [0.29, 0.717) is 26.1 Å². The number of rotatable bonds is 6. The molecule has 0 saturated carbocycles. The summed E-state index contributed by atoms with van der Waals surface area (Å²) in [5, 5.41) is 8.58. The van der Waals surface area contributed by atoms with E-state index < -0.39 is 0 Å². The topological polar surface area (TPSA) is 38.7 Å². The van der Waals surface area contributed by atoms with Crippen LogP contribution in [-0.4, -0.2) is 39.1 Å². The van der Waals surface area contributed by atoms with Crippen molar-refractivity contribution in [2.45, 2.75) is 12.8 Å². The Morgan fingerprint density at radius 3 is 2.13 bits per heavy atom. The molecule has 15 heavy (non-hydrogen) atoms. The van der Waals surface area contributed by atoms with Gasteiger partial charge in [0.15, 0.2) is 0 Å². The van der Waals surface area contributed by atoms with Gasteiger partial charge in [0.05, 0.1) is 13.2 Å². The fourth-order valence-corrected chi connectivity index (χ4v) is 1.44. The minimum Gasteiger partial charge on any atom is -0.384 e. The van der Waals surface area contributed by atoms with E-state index in [1.807, 2.05) is 0 Å². The van der Waals surface area contributed by atoms with E-state index in [0.717, 1.165) is 0 Å². The highest BCUT2D eigenvalue weighted by molar-refractivity contribution is 5.06. The van der Waals surface area contributed by atoms with Crippen LogP contribution in [0.2, 0.25) is 0 Å². The van der Waals surface area contributed by atoms with Gasteiger partial charge in [0.1, 0.15) is 6.61 Å². The van der Waals surface area contributed by atoms with Crippen LogP contribution in [0.25, 0.3) is 0 Å². The van der Waals surface area contributed by atoms with Gasteiger partial charge in [-0.2, -0.15) is 0 Å². The zero-order chi connectivity index (χ0) is 11.6. The fraction of sp³-hybridized carbons (Fsp3) is 0.667. The number of ether oxygens (including phenoxy) is 2. The van der Waals surface area contributed by atoms with Crippen molar-refractivity contribution in [3.05, 3.63) is 0 Å². The Morgan fingerprint density at radius 2 is 1.73 bits per heavy atom. The summed E-state index contributed by atoms with van der Waals surface area (Å²) < 4.78 is 10.3. The van der Waals surface area contributed by atoms with Gasteiger partial charge in [-0.1, -0.05) is 5.92 Å². The van der Waals surface area contributed by atoms with Crippen molar-refractivity contribution in [1.29, 1.82) is 0 Å². The first-order chi connectivity index (χ1) is 7.24. The van der Waals surface area contributed by atoms with Crippen LogP contribution in [-0.2, 0) is 9.47 Å². The smallest absolute Gasteiger partial charge is 0.104 e. The lowest BCUT2D eigenvalue weighted by atomic mass is 9.83. The first-order valence-electron chi connectivity index (χ1n) is 4.72. The lowest BCUT2D eigenvalue weighted by Crippen LogP contribution is -2.31. The number of hydrogen-bond donors (Lipinski definition) is 1. The fourth-order valence-electron chi connectivity index (χ4n) is 1.44. The van der Waals surface area contributed by atoms with Gasteiger partial charge in [0, 0.05) is 32.5 Å². The van der Waals surface area contributed by atoms with Crippen LogP contribution in [0.15, 0.2) is 0 Å². The quantitative estimate of drug-likeness (QED) is 0.655. The van der Waals surface area contributed by atoms with Crippen molar-refractivity contribution in [3.8, 4) is 24.2 Å². The van der Waals surface area contributed by atoms with Crippen LogP contribution in [0.5, 0.6) is 0 Å². The van der Waals surface area contributed by atoms with Gasteiger partial charge in [0.2, 0.25) is 0 Å². The van der Waals surface area contributed by atoms with Crippen molar-refractivity contribution in [2.75, 3.05) is 34.0 Å². The molecule has 0 aromatic rings. The highest BCUT2D eigenvalue weighted by atomic mass is 16.5. The normalized spacial score (nSPS) is 10.3. The van der Waals surface area contributed by atoms with Crippen LogP contribution in [0, 0.1) is 29.6 Å². The molecule has 0 amide bonds. The molecule has 0 aromatic heterocycles. The van der Waals surface area contributed by atoms with Crippen LogP contribution < -0.4 is 0 Å². The van der Waals surface area contributed by atoms with Gasteiger partial charge in [0.25, 0.3) is 0 Å².